The average Bonchev–Trinajstić information content (AvgIpc) is 2.27. The minimum Gasteiger partial charge on any atom is -0.490 e. The summed E-state index contributed by atoms with van der Waals surface area (Å²) >= 11 is 0. The first-order chi connectivity index (χ1) is 7.22. The van der Waals surface area contributed by atoms with Crippen LogP contribution in [0.25, 0.3) is 0 Å². The standard InChI is InChI=1S/C12H13O3/c1-3-12(13)15-10(2)9-14-11-7-5-4-6-8-11/h3-8,10H,1-2,9H2. The van der Waals surface area contributed by atoms with E-state index in [4.69, 9.17) is 9.47 Å². The fourth-order valence-electron chi connectivity index (χ4n) is 0.952. The molecule has 0 saturated heterocycles. The van der Waals surface area contributed by atoms with Crippen LogP contribution in [0.1, 0.15) is 0 Å². The Bertz CT molecular complexity index is 319. The van der Waals surface area contributed by atoms with Crippen LogP contribution < -0.4 is 4.74 Å². The van der Waals surface area contributed by atoms with E-state index in [2.05, 4.69) is 13.5 Å². The third-order valence-electron chi connectivity index (χ3n) is 1.63. The molecule has 1 unspecified atom stereocenters. The molecule has 1 aromatic carbocycles. The minimum atomic E-state index is -0.532. The van der Waals surface area contributed by atoms with Crippen LogP contribution in [0.15, 0.2) is 43.0 Å². The van der Waals surface area contributed by atoms with Crippen LogP contribution in [-0.2, 0) is 9.53 Å². The Hall–Kier alpha value is -1.77. The fraction of sp³-hybridized carbons (Fsp3) is 0.167. The Morgan fingerprint density at radius 3 is 2.67 bits per heavy atom. The molecular formula is C12H13O3. The number of benzene rings is 1. The third kappa shape index (κ3) is 4.31. The van der Waals surface area contributed by atoms with Gasteiger partial charge >= 0.3 is 5.97 Å². The van der Waals surface area contributed by atoms with E-state index in [-0.39, 0.29) is 6.61 Å². The number of carbonyl (C=O) groups excluding carboxylic acids is 1. The topological polar surface area (TPSA) is 35.5 Å². The molecule has 1 atom stereocenters. The first kappa shape index (κ1) is 11.3. The summed E-state index contributed by atoms with van der Waals surface area (Å²) in [6, 6.07) is 9.27. The van der Waals surface area contributed by atoms with Gasteiger partial charge in [-0.3, -0.25) is 0 Å². The van der Waals surface area contributed by atoms with Crippen molar-refractivity contribution in [1.29, 1.82) is 0 Å². The zero-order chi connectivity index (χ0) is 11.1. The predicted molar refractivity (Wildman–Crippen MR) is 57.4 cm³/mol. The first-order valence-corrected chi connectivity index (χ1v) is 4.56. The summed E-state index contributed by atoms with van der Waals surface area (Å²) in [6.07, 6.45) is 0.566. The lowest BCUT2D eigenvalue weighted by Crippen LogP contribution is -2.21. The van der Waals surface area contributed by atoms with Crippen molar-refractivity contribution in [2.45, 2.75) is 6.10 Å². The minimum absolute atomic E-state index is 0.226. The quantitative estimate of drug-likeness (QED) is 0.544. The molecule has 0 N–H and O–H groups in total. The van der Waals surface area contributed by atoms with Gasteiger partial charge in [0.05, 0.1) is 0 Å². The Balaban J connectivity index is 2.31. The van der Waals surface area contributed by atoms with E-state index in [9.17, 15) is 4.79 Å². The molecule has 0 aromatic heterocycles. The summed E-state index contributed by atoms with van der Waals surface area (Å²) < 4.78 is 10.2. The fourth-order valence-corrected chi connectivity index (χ4v) is 0.952. The number of hydrogen-bond acceptors (Lipinski definition) is 3. The second-order valence-electron chi connectivity index (χ2n) is 2.89. The number of hydrogen-bond donors (Lipinski definition) is 0. The first-order valence-electron chi connectivity index (χ1n) is 4.56. The highest BCUT2D eigenvalue weighted by Crippen LogP contribution is 2.08. The van der Waals surface area contributed by atoms with Gasteiger partial charge in [0.15, 0.2) is 0 Å². The molecule has 0 aliphatic carbocycles. The van der Waals surface area contributed by atoms with Crippen molar-refractivity contribution in [2.75, 3.05) is 6.61 Å². The molecule has 0 fully saturated rings. The van der Waals surface area contributed by atoms with Gasteiger partial charge in [-0.05, 0) is 19.1 Å². The maximum atomic E-state index is 10.8. The van der Waals surface area contributed by atoms with Crippen molar-refractivity contribution < 1.29 is 14.3 Å². The van der Waals surface area contributed by atoms with E-state index in [1.807, 2.05) is 30.3 Å². The summed E-state index contributed by atoms with van der Waals surface area (Å²) in [7, 11) is 0. The smallest absolute Gasteiger partial charge is 0.330 e. The lowest BCUT2D eigenvalue weighted by Gasteiger charge is -2.12. The number of rotatable bonds is 5. The number of para-hydroxylation sites is 1. The second kappa shape index (κ2) is 5.86. The van der Waals surface area contributed by atoms with E-state index >= 15 is 0 Å². The Kier molecular flexibility index (Phi) is 4.41. The summed E-state index contributed by atoms with van der Waals surface area (Å²) in [5, 5.41) is 0. The largest absolute Gasteiger partial charge is 0.490 e. The van der Waals surface area contributed by atoms with Crippen LogP contribution in [0.4, 0.5) is 0 Å². The molecule has 0 aliphatic heterocycles. The van der Waals surface area contributed by atoms with E-state index in [1.165, 1.54) is 0 Å². The summed E-state index contributed by atoms with van der Waals surface area (Å²) in [5.74, 6) is 0.229. The van der Waals surface area contributed by atoms with Crippen molar-refractivity contribution in [3.8, 4) is 5.75 Å². The zero-order valence-corrected chi connectivity index (χ0v) is 8.39. The molecule has 0 aliphatic rings. The highest BCUT2D eigenvalue weighted by Gasteiger charge is 2.06. The molecule has 15 heavy (non-hydrogen) atoms. The third-order valence-corrected chi connectivity index (χ3v) is 1.63. The van der Waals surface area contributed by atoms with E-state index in [0.29, 0.717) is 0 Å². The van der Waals surface area contributed by atoms with Crippen molar-refractivity contribution >= 4 is 5.97 Å². The maximum absolute atomic E-state index is 10.8. The van der Waals surface area contributed by atoms with Crippen LogP contribution in [0, 0.1) is 6.92 Å². The van der Waals surface area contributed by atoms with Crippen molar-refractivity contribution in [1.82, 2.24) is 0 Å². The Labute approximate surface area is 89.3 Å². The molecule has 0 saturated carbocycles. The normalized spacial score (nSPS) is 11.5. The van der Waals surface area contributed by atoms with Crippen LogP contribution in [0.5, 0.6) is 5.75 Å². The molecule has 0 amide bonds. The van der Waals surface area contributed by atoms with Crippen LogP contribution in [0.3, 0.4) is 0 Å². The van der Waals surface area contributed by atoms with Gasteiger partial charge in [-0.2, -0.15) is 0 Å². The number of esters is 1. The second-order valence-corrected chi connectivity index (χ2v) is 2.89. The predicted octanol–water partition coefficient (Wildman–Crippen LogP) is 2.00. The molecule has 1 rings (SSSR count). The number of ether oxygens (including phenoxy) is 2. The molecule has 1 aromatic rings. The lowest BCUT2D eigenvalue weighted by atomic mass is 10.3. The maximum Gasteiger partial charge on any atom is 0.330 e. The van der Waals surface area contributed by atoms with Gasteiger partial charge in [-0.25, -0.2) is 4.79 Å². The Morgan fingerprint density at radius 2 is 2.07 bits per heavy atom. The van der Waals surface area contributed by atoms with E-state index in [1.54, 1.807) is 0 Å². The van der Waals surface area contributed by atoms with Gasteiger partial charge in [-0.1, -0.05) is 24.8 Å². The van der Waals surface area contributed by atoms with Crippen molar-refractivity contribution in [2.24, 2.45) is 0 Å². The van der Waals surface area contributed by atoms with Crippen LogP contribution >= 0.6 is 0 Å². The highest BCUT2D eigenvalue weighted by molar-refractivity contribution is 5.81. The average molecular weight is 205 g/mol. The van der Waals surface area contributed by atoms with Crippen LogP contribution in [0.2, 0.25) is 0 Å². The Morgan fingerprint density at radius 1 is 1.40 bits per heavy atom. The molecule has 0 spiro atoms. The molecule has 0 heterocycles. The molecule has 1 radical (unpaired) electrons. The van der Waals surface area contributed by atoms with Gasteiger partial charge in [0, 0.05) is 6.08 Å². The van der Waals surface area contributed by atoms with E-state index < -0.39 is 12.1 Å². The number of carbonyl (C=O) groups is 1. The summed E-state index contributed by atoms with van der Waals surface area (Å²) in [5.41, 5.74) is 0. The van der Waals surface area contributed by atoms with Crippen LogP contribution in [-0.4, -0.2) is 18.7 Å². The lowest BCUT2D eigenvalue weighted by molar-refractivity contribution is -0.142. The van der Waals surface area contributed by atoms with E-state index in [0.717, 1.165) is 11.8 Å². The van der Waals surface area contributed by atoms with Gasteiger partial charge < -0.3 is 9.47 Å². The van der Waals surface area contributed by atoms with Gasteiger partial charge in [0.1, 0.15) is 18.5 Å². The molecular weight excluding hydrogens is 192 g/mol. The molecule has 79 valence electrons. The zero-order valence-electron chi connectivity index (χ0n) is 8.39. The SMILES string of the molecule is [CH2]C(COc1ccccc1)OC(=O)C=C. The summed E-state index contributed by atoms with van der Waals surface area (Å²) in [4.78, 5) is 10.8. The van der Waals surface area contributed by atoms with Gasteiger partial charge in [0.25, 0.3) is 0 Å². The molecule has 3 heteroatoms. The van der Waals surface area contributed by atoms with Gasteiger partial charge in [0.2, 0.25) is 0 Å². The highest BCUT2D eigenvalue weighted by atomic mass is 16.6. The van der Waals surface area contributed by atoms with Gasteiger partial charge in [-0.15, -0.1) is 0 Å². The van der Waals surface area contributed by atoms with Crippen molar-refractivity contribution in [3.05, 3.63) is 49.9 Å². The summed E-state index contributed by atoms with van der Waals surface area (Å²) in [6.45, 7) is 7.14. The van der Waals surface area contributed by atoms with Crippen molar-refractivity contribution in [3.63, 3.8) is 0 Å². The molecule has 3 nitrogen and oxygen atoms in total. The monoisotopic (exact) mass is 205 g/mol. The molecule has 0 bridgehead atoms.